The number of nitrogens with one attached hydrogen (secondary N) is 1. The van der Waals surface area contributed by atoms with Crippen LogP contribution in [0.3, 0.4) is 0 Å². The predicted molar refractivity (Wildman–Crippen MR) is 116 cm³/mol. The van der Waals surface area contributed by atoms with Crippen molar-refractivity contribution in [3.8, 4) is 5.75 Å². The van der Waals surface area contributed by atoms with Gasteiger partial charge in [0.25, 0.3) is 0 Å². The molecule has 0 aromatic heterocycles. The van der Waals surface area contributed by atoms with Crippen molar-refractivity contribution in [3.05, 3.63) is 23.2 Å². The fraction of sp³-hybridized carbons (Fsp3) is 0.650. The van der Waals surface area contributed by atoms with Crippen LogP contribution < -0.4 is 10.1 Å². The Bertz CT molecular complexity index is 845. The molecule has 1 amide bonds. The first-order valence-corrected chi connectivity index (χ1v) is 12.2. The van der Waals surface area contributed by atoms with Crippen LogP contribution in [0.15, 0.2) is 23.1 Å². The first-order valence-electron chi connectivity index (χ1n) is 10.4. The minimum Gasteiger partial charge on any atom is -0.495 e. The Morgan fingerprint density at radius 1 is 1.30 bits per heavy atom. The fourth-order valence-electron chi connectivity index (χ4n) is 4.16. The lowest BCUT2D eigenvalue weighted by Gasteiger charge is -2.33. The summed E-state index contributed by atoms with van der Waals surface area (Å²) in [6, 6.07) is 4.61. The molecule has 168 valence electrons. The van der Waals surface area contributed by atoms with Gasteiger partial charge in [-0.1, -0.05) is 18.5 Å². The van der Waals surface area contributed by atoms with E-state index in [1.165, 1.54) is 17.5 Å². The van der Waals surface area contributed by atoms with Crippen molar-refractivity contribution >= 4 is 27.5 Å². The van der Waals surface area contributed by atoms with Gasteiger partial charge in [0.2, 0.25) is 15.9 Å². The number of hydrogen-bond donors (Lipinski definition) is 1. The van der Waals surface area contributed by atoms with Gasteiger partial charge < -0.3 is 15.0 Å². The maximum absolute atomic E-state index is 13.7. The van der Waals surface area contributed by atoms with Gasteiger partial charge in [0, 0.05) is 43.8 Å². The molecular formula is C20H31ClN4O4S. The van der Waals surface area contributed by atoms with Crippen molar-refractivity contribution in [1.29, 1.82) is 0 Å². The van der Waals surface area contributed by atoms with E-state index in [1.807, 2.05) is 0 Å². The zero-order valence-corrected chi connectivity index (χ0v) is 19.2. The Morgan fingerprint density at radius 3 is 2.70 bits per heavy atom. The molecule has 1 aromatic rings. The molecule has 8 nitrogen and oxygen atoms in total. The molecule has 2 heterocycles. The number of carbonyl (C=O) groups is 1. The average molecular weight is 459 g/mol. The number of sulfonamides is 1. The molecule has 0 aliphatic carbocycles. The number of ether oxygens (including phenoxy) is 1. The fourth-order valence-corrected chi connectivity index (χ4v) is 6.00. The molecule has 0 bridgehead atoms. The molecule has 1 aromatic carbocycles. The minimum atomic E-state index is -3.99. The second kappa shape index (κ2) is 10.3. The second-order valence-electron chi connectivity index (χ2n) is 7.65. The quantitative estimate of drug-likeness (QED) is 0.631. The summed E-state index contributed by atoms with van der Waals surface area (Å²) in [4.78, 5) is 16.9. The number of nitrogens with zero attached hydrogens (tertiary/aromatic N) is 3. The van der Waals surface area contributed by atoms with Crippen LogP contribution in [0.4, 0.5) is 0 Å². The van der Waals surface area contributed by atoms with E-state index in [9.17, 15) is 13.2 Å². The lowest BCUT2D eigenvalue weighted by molar-refractivity contribution is -0.132. The summed E-state index contributed by atoms with van der Waals surface area (Å²) < 4.78 is 33.9. The van der Waals surface area contributed by atoms with E-state index >= 15 is 0 Å². The molecule has 2 fully saturated rings. The summed E-state index contributed by atoms with van der Waals surface area (Å²) in [5.74, 6) is 0.0416. The Hall–Kier alpha value is -1.39. The van der Waals surface area contributed by atoms with Crippen LogP contribution >= 0.6 is 11.6 Å². The van der Waals surface area contributed by atoms with Crippen LogP contribution in [-0.4, -0.2) is 93.9 Å². The molecule has 0 saturated carbocycles. The van der Waals surface area contributed by atoms with Gasteiger partial charge in [-0.15, -0.1) is 0 Å². The zero-order chi connectivity index (χ0) is 21.7. The summed E-state index contributed by atoms with van der Waals surface area (Å²) >= 11 is 6.10. The largest absolute Gasteiger partial charge is 0.495 e. The monoisotopic (exact) mass is 458 g/mol. The lowest BCUT2D eigenvalue weighted by atomic mass is 10.2. The molecule has 3 rings (SSSR count). The first kappa shape index (κ1) is 23.3. The van der Waals surface area contributed by atoms with Crippen molar-refractivity contribution in [1.82, 2.24) is 19.4 Å². The van der Waals surface area contributed by atoms with E-state index < -0.39 is 10.0 Å². The van der Waals surface area contributed by atoms with Crippen LogP contribution in [0.5, 0.6) is 5.75 Å². The number of piperazine rings is 1. The van der Waals surface area contributed by atoms with E-state index in [0.29, 0.717) is 31.2 Å². The van der Waals surface area contributed by atoms with Gasteiger partial charge in [-0.05, 0) is 44.1 Å². The van der Waals surface area contributed by atoms with Crippen LogP contribution in [0.1, 0.15) is 19.8 Å². The summed E-state index contributed by atoms with van der Waals surface area (Å²) in [7, 11) is -2.56. The number of hydrogen-bond acceptors (Lipinski definition) is 6. The van der Waals surface area contributed by atoms with Crippen LogP contribution in [0.25, 0.3) is 0 Å². The van der Waals surface area contributed by atoms with E-state index in [1.54, 1.807) is 17.0 Å². The predicted octanol–water partition coefficient (Wildman–Crippen LogP) is 1.26. The standard InChI is InChI=1S/C20H31ClN4O4S/c1-3-23-10-4-5-17(23)14-25(15-20(26)24-11-8-22-9-12-24)30(27,28)19-13-16(21)6-7-18(19)29-2/h6-7,13,17,22H,3-5,8-12,14-15H2,1-2H3/t17-/m1/s1. The maximum atomic E-state index is 13.7. The number of halogens is 1. The third-order valence-electron chi connectivity index (χ3n) is 5.84. The Labute approximate surface area is 184 Å². The van der Waals surface area contributed by atoms with Gasteiger partial charge in [-0.25, -0.2) is 8.42 Å². The number of rotatable bonds is 8. The van der Waals surface area contributed by atoms with Gasteiger partial charge in [-0.3, -0.25) is 9.69 Å². The highest BCUT2D eigenvalue weighted by atomic mass is 35.5. The first-order chi connectivity index (χ1) is 14.4. The molecule has 2 saturated heterocycles. The molecule has 10 heteroatoms. The summed E-state index contributed by atoms with van der Waals surface area (Å²) in [6.45, 7) is 6.54. The average Bonchev–Trinajstić information content (AvgIpc) is 3.21. The number of likely N-dealkylation sites (tertiary alicyclic amines) is 1. The number of carbonyl (C=O) groups excluding carboxylic acids is 1. The maximum Gasteiger partial charge on any atom is 0.247 e. The van der Waals surface area contributed by atoms with Gasteiger partial charge in [0.1, 0.15) is 10.6 Å². The zero-order valence-electron chi connectivity index (χ0n) is 17.6. The van der Waals surface area contributed by atoms with Crippen LogP contribution in [-0.2, 0) is 14.8 Å². The number of methoxy groups -OCH3 is 1. The van der Waals surface area contributed by atoms with Crippen molar-refractivity contribution in [2.24, 2.45) is 0 Å². The number of likely N-dealkylation sites (N-methyl/N-ethyl adjacent to an activating group) is 1. The topological polar surface area (TPSA) is 82.2 Å². The summed E-state index contributed by atoms with van der Waals surface area (Å²) in [5, 5.41) is 3.51. The molecule has 1 atom stereocenters. The van der Waals surface area contributed by atoms with Gasteiger partial charge in [-0.2, -0.15) is 4.31 Å². The van der Waals surface area contributed by atoms with E-state index in [-0.39, 0.29) is 35.7 Å². The van der Waals surface area contributed by atoms with Crippen LogP contribution in [0.2, 0.25) is 5.02 Å². The summed E-state index contributed by atoms with van der Waals surface area (Å²) in [5.41, 5.74) is 0. The van der Waals surface area contributed by atoms with E-state index in [0.717, 1.165) is 25.9 Å². The lowest BCUT2D eigenvalue weighted by Crippen LogP contribution is -2.52. The van der Waals surface area contributed by atoms with E-state index in [4.69, 9.17) is 16.3 Å². The van der Waals surface area contributed by atoms with Crippen molar-refractivity contribution in [2.75, 3.05) is 59.5 Å². The Kier molecular flexibility index (Phi) is 7.98. The van der Waals surface area contributed by atoms with Crippen molar-refractivity contribution < 1.29 is 17.9 Å². The number of benzene rings is 1. The third-order valence-corrected chi connectivity index (χ3v) is 7.91. The van der Waals surface area contributed by atoms with E-state index in [2.05, 4.69) is 17.1 Å². The van der Waals surface area contributed by atoms with Gasteiger partial charge >= 0.3 is 0 Å². The minimum absolute atomic E-state index is 0.00773. The number of amides is 1. The van der Waals surface area contributed by atoms with Crippen LogP contribution in [0, 0.1) is 0 Å². The second-order valence-corrected chi connectivity index (χ2v) is 9.99. The van der Waals surface area contributed by atoms with Crippen molar-refractivity contribution in [2.45, 2.75) is 30.7 Å². The summed E-state index contributed by atoms with van der Waals surface area (Å²) in [6.07, 6.45) is 1.94. The molecule has 0 radical (unpaired) electrons. The highest BCUT2D eigenvalue weighted by molar-refractivity contribution is 7.89. The van der Waals surface area contributed by atoms with Gasteiger partial charge in [0.05, 0.1) is 13.7 Å². The molecular weight excluding hydrogens is 428 g/mol. The molecule has 0 unspecified atom stereocenters. The Balaban J connectivity index is 1.91. The molecule has 30 heavy (non-hydrogen) atoms. The molecule has 0 spiro atoms. The van der Waals surface area contributed by atoms with Gasteiger partial charge in [0.15, 0.2) is 0 Å². The highest BCUT2D eigenvalue weighted by Crippen LogP contribution is 2.31. The molecule has 1 N–H and O–H groups in total. The van der Waals surface area contributed by atoms with Crippen molar-refractivity contribution in [3.63, 3.8) is 0 Å². The molecule has 2 aliphatic rings. The molecule has 2 aliphatic heterocycles. The third kappa shape index (κ3) is 5.26. The smallest absolute Gasteiger partial charge is 0.247 e. The normalized spacial score (nSPS) is 20.7. The SMILES string of the molecule is CCN1CCC[C@@H]1CN(CC(=O)N1CCNCC1)S(=O)(=O)c1cc(Cl)ccc1OC. The Morgan fingerprint density at radius 2 is 2.03 bits per heavy atom. The highest BCUT2D eigenvalue weighted by Gasteiger charge is 2.35.